The molecule has 0 spiro atoms. The van der Waals surface area contributed by atoms with Gasteiger partial charge in [-0.2, -0.15) is 4.98 Å². The summed E-state index contributed by atoms with van der Waals surface area (Å²) in [5.74, 6) is 2.19. The van der Waals surface area contributed by atoms with Gasteiger partial charge in [-0.1, -0.05) is 54.8 Å². The van der Waals surface area contributed by atoms with Crippen molar-refractivity contribution in [2.24, 2.45) is 0 Å². The van der Waals surface area contributed by atoms with E-state index < -0.39 is 0 Å². The van der Waals surface area contributed by atoms with E-state index in [0.717, 1.165) is 47.2 Å². The van der Waals surface area contributed by atoms with Crippen LogP contribution in [-0.4, -0.2) is 34.4 Å². The molecule has 0 saturated carbocycles. The van der Waals surface area contributed by atoms with E-state index in [-0.39, 0.29) is 18.9 Å². The smallest absolute Gasteiger partial charge is 0.322 e. The third-order valence-electron chi connectivity index (χ3n) is 6.28. The van der Waals surface area contributed by atoms with Gasteiger partial charge in [-0.05, 0) is 44.0 Å². The van der Waals surface area contributed by atoms with Gasteiger partial charge in [0.25, 0.3) is 5.89 Å². The van der Waals surface area contributed by atoms with Crippen LogP contribution in [0.25, 0.3) is 17.0 Å². The fourth-order valence-corrected chi connectivity index (χ4v) is 4.34. The van der Waals surface area contributed by atoms with E-state index in [1.165, 1.54) is 0 Å². The number of hydrogen-bond donors (Lipinski definition) is 1. The first-order valence-corrected chi connectivity index (χ1v) is 11.6. The maximum atomic E-state index is 13.0. The number of hydrogen-bond acceptors (Lipinski definition) is 6. The number of nitrogens with one attached hydrogen (secondary N) is 1. The van der Waals surface area contributed by atoms with Crippen molar-refractivity contribution in [3.8, 4) is 22.9 Å². The fourth-order valence-electron chi connectivity index (χ4n) is 4.34. The number of ether oxygens (including phenoxy) is 2. The van der Waals surface area contributed by atoms with Gasteiger partial charge in [-0.3, -0.25) is 4.90 Å². The molecule has 0 radical (unpaired) electrons. The van der Waals surface area contributed by atoms with E-state index in [1.54, 1.807) is 4.90 Å². The van der Waals surface area contributed by atoms with Crippen LogP contribution >= 0.6 is 0 Å². The molecule has 3 heterocycles. The number of amides is 2. The number of fused-ring (bicyclic) bond motifs is 1. The van der Waals surface area contributed by atoms with Gasteiger partial charge in [-0.25, -0.2) is 4.79 Å². The summed E-state index contributed by atoms with van der Waals surface area (Å²) in [4.78, 5) is 19.5. The summed E-state index contributed by atoms with van der Waals surface area (Å²) in [6, 6.07) is 13.2. The highest BCUT2D eigenvalue weighted by molar-refractivity contribution is 5.86. The molecule has 1 atom stereocenters. The maximum Gasteiger partial charge on any atom is 0.322 e. The number of carbonyl (C=O) groups excluding carboxylic acids is 1. The molecule has 1 aromatic heterocycles. The second-order valence-electron chi connectivity index (χ2n) is 8.64. The standard InChI is InChI=1S/C26H28N4O4/c1-4-5-6-13-30-17(3)22(23(27-26(30)31)18-9-7-16(2)8-10-18)25-28-24(29-34-25)19-11-12-20-21(14-19)33-15-32-20/h7-12,14,23H,4-6,13,15H2,1-3H3,(H,27,31). The van der Waals surface area contributed by atoms with Gasteiger partial charge in [-0.15, -0.1) is 0 Å². The molecule has 2 aromatic carbocycles. The number of carbonyl (C=O) groups is 1. The molecule has 3 aromatic rings. The molecule has 176 valence electrons. The number of unbranched alkanes of at least 4 members (excludes halogenated alkanes) is 2. The molecule has 2 amide bonds. The molecule has 2 aliphatic heterocycles. The number of allylic oxidation sites excluding steroid dienone is 1. The van der Waals surface area contributed by atoms with Crippen molar-refractivity contribution >= 4 is 11.6 Å². The molecular weight excluding hydrogens is 432 g/mol. The summed E-state index contributed by atoms with van der Waals surface area (Å²) < 4.78 is 16.6. The highest BCUT2D eigenvalue weighted by Gasteiger charge is 2.35. The Labute approximate surface area is 198 Å². The minimum absolute atomic E-state index is 0.113. The van der Waals surface area contributed by atoms with Crippen LogP contribution in [-0.2, 0) is 0 Å². The van der Waals surface area contributed by atoms with Crippen LogP contribution < -0.4 is 14.8 Å². The minimum Gasteiger partial charge on any atom is -0.454 e. The Balaban J connectivity index is 1.54. The highest BCUT2D eigenvalue weighted by Crippen LogP contribution is 2.39. The zero-order chi connectivity index (χ0) is 23.7. The molecule has 1 N–H and O–H groups in total. The quantitative estimate of drug-likeness (QED) is 0.471. The predicted octanol–water partition coefficient (Wildman–Crippen LogP) is 5.46. The van der Waals surface area contributed by atoms with E-state index in [4.69, 9.17) is 19.0 Å². The topological polar surface area (TPSA) is 89.7 Å². The van der Waals surface area contributed by atoms with E-state index in [1.807, 2.05) is 56.3 Å². The molecule has 5 rings (SSSR count). The van der Waals surface area contributed by atoms with Crippen LogP contribution in [0.3, 0.4) is 0 Å². The van der Waals surface area contributed by atoms with E-state index >= 15 is 0 Å². The highest BCUT2D eigenvalue weighted by atomic mass is 16.7. The number of rotatable bonds is 7. The lowest BCUT2D eigenvalue weighted by Crippen LogP contribution is -2.46. The number of nitrogens with zero attached hydrogens (tertiary/aromatic N) is 3. The van der Waals surface area contributed by atoms with Crippen LogP contribution in [0.4, 0.5) is 4.79 Å². The Bertz CT molecular complexity index is 1230. The van der Waals surface area contributed by atoms with Gasteiger partial charge in [0, 0.05) is 17.8 Å². The Hall–Kier alpha value is -3.81. The monoisotopic (exact) mass is 460 g/mol. The lowest BCUT2D eigenvalue weighted by atomic mass is 9.94. The first kappa shape index (κ1) is 22.0. The zero-order valence-electron chi connectivity index (χ0n) is 19.6. The van der Waals surface area contributed by atoms with E-state index in [9.17, 15) is 4.79 Å². The average molecular weight is 461 g/mol. The average Bonchev–Trinajstić information content (AvgIpc) is 3.50. The Kier molecular flexibility index (Phi) is 5.96. The molecule has 0 bridgehead atoms. The Morgan fingerprint density at radius 1 is 1.06 bits per heavy atom. The molecule has 2 aliphatic rings. The van der Waals surface area contributed by atoms with Crippen LogP contribution in [0.1, 0.15) is 56.2 Å². The molecule has 8 nitrogen and oxygen atoms in total. The number of benzene rings is 2. The van der Waals surface area contributed by atoms with Gasteiger partial charge in [0.1, 0.15) is 0 Å². The van der Waals surface area contributed by atoms with Crippen LogP contribution in [0.5, 0.6) is 11.5 Å². The molecule has 0 saturated heterocycles. The summed E-state index contributed by atoms with van der Waals surface area (Å²) in [6.07, 6.45) is 3.07. The fraction of sp³-hybridized carbons (Fsp3) is 0.346. The van der Waals surface area contributed by atoms with Crippen molar-refractivity contribution in [1.82, 2.24) is 20.4 Å². The second-order valence-corrected chi connectivity index (χ2v) is 8.64. The lowest BCUT2D eigenvalue weighted by molar-refractivity contribution is 0.174. The van der Waals surface area contributed by atoms with Gasteiger partial charge >= 0.3 is 6.03 Å². The second kappa shape index (κ2) is 9.21. The van der Waals surface area contributed by atoms with Crippen molar-refractivity contribution in [2.75, 3.05) is 13.3 Å². The van der Waals surface area contributed by atoms with Crippen molar-refractivity contribution in [3.05, 3.63) is 65.2 Å². The normalized spacial score (nSPS) is 17.3. The molecule has 8 heteroatoms. The SMILES string of the molecule is CCCCCN1C(=O)NC(c2ccc(C)cc2)C(c2nc(-c3ccc4c(c3)OCO4)no2)=C1C. The number of aryl methyl sites for hydroxylation is 1. The van der Waals surface area contributed by atoms with Gasteiger partial charge in [0.2, 0.25) is 12.6 Å². The van der Waals surface area contributed by atoms with Gasteiger partial charge < -0.3 is 19.3 Å². The molecule has 0 aliphatic carbocycles. The Morgan fingerprint density at radius 3 is 2.65 bits per heavy atom. The third kappa shape index (κ3) is 4.11. The van der Waals surface area contributed by atoms with Crippen LogP contribution in [0, 0.1) is 6.92 Å². The third-order valence-corrected chi connectivity index (χ3v) is 6.28. The molecule has 0 fully saturated rings. The maximum absolute atomic E-state index is 13.0. The van der Waals surface area contributed by atoms with Crippen molar-refractivity contribution in [3.63, 3.8) is 0 Å². The number of aromatic nitrogens is 2. The van der Waals surface area contributed by atoms with E-state index in [0.29, 0.717) is 29.8 Å². The van der Waals surface area contributed by atoms with Crippen LogP contribution in [0.15, 0.2) is 52.7 Å². The van der Waals surface area contributed by atoms with Crippen molar-refractivity contribution in [2.45, 2.75) is 46.1 Å². The van der Waals surface area contributed by atoms with Gasteiger partial charge in [0.05, 0.1) is 11.6 Å². The number of urea groups is 1. The summed E-state index contributed by atoms with van der Waals surface area (Å²) >= 11 is 0. The largest absolute Gasteiger partial charge is 0.454 e. The zero-order valence-corrected chi connectivity index (χ0v) is 19.6. The lowest BCUT2D eigenvalue weighted by Gasteiger charge is -2.35. The minimum atomic E-state index is -0.388. The van der Waals surface area contributed by atoms with Crippen molar-refractivity contribution in [1.29, 1.82) is 0 Å². The van der Waals surface area contributed by atoms with E-state index in [2.05, 4.69) is 17.4 Å². The van der Waals surface area contributed by atoms with Crippen molar-refractivity contribution < 1.29 is 18.8 Å². The molecule has 34 heavy (non-hydrogen) atoms. The summed E-state index contributed by atoms with van der Waals surface area (Å²) in [6.45, 7) is 6.98. The Morgan fingerprint density at radius 2 is 1.85 bits per heavy atom. The first-order chi connectivity index (χ1) is 16.5. The summed E-state index contributed by atoms with van der Waals surface area (Å²) in [5.41, 5.74) is 4.51. The first-order valence-electron chi connectivity index (χ1n) is 11.6. The molecule has 1 unspecified atom stereocenters. The predicted molar refractivity (Wildman–Crippen MR) is 127 cm³/mol. The summed E-state index contributed by atoms with van der Waals surface area (Å²) in [5, 5.41) is 7.39. The van der Waals surface area contributed by atoms with Gasteiger partial charge in [0.15, 0.2) is 11.5 Å². The van der Waals surface area contributed by atoms with Crippen LogP contribution in [0.2, 0.25) is 0 Å². The molecular formula is C26H28N4O4. The summed E-state index contributed by atoms with van der Waals surface area (Å²) in [7, 11) is 0.